The van der Waals surface area contributed by atoms with Crippen LogP contribution in [0.25, 0.3) is 0 Å². The van der Waals surface area contributed by atoms with Gasteiger partial charge in [0.15, 0.2) is 0 Å². The molecule has 1 saturated heterocycles. The maximum atomic E-state index is 13.1. The second-order valence-electron chi connectivity index (χ2n) is 6.26. The first-order valence-corrected chi connectivity index (χ1v) is 8.35. The van der Waals surface area contributed by atoms with Gasteiger partial charge < -0.3 is 15.5 Å². The van der Waals surface area contributed by atoms with Crippen molar-refractivity contribution in [3.8, 4) is 0 Å². The molecule has 1 heterocycles. The third-order valence-corrected chi connectivity index (χ3v) is 4.18. The first-order chi connectivity index (χ1) is 12.2. The molecule has 1 aromatic rings. The normalized spacial score (nSPS) is 16.3. The highest BCUT2D eigenvalue weighted by atomic mass is 19.4. The minimum Gasteiger partial charge on any atom is -0.347 e. The summed E-state index contributed by atoms with van der Waals surface area (Å²) in [5.41, 5.74) is 0.384. The van der Waals surface area contributed by atoms with E-state index in [4.69, 9.17) is 0 Å². The highest BCUT2D eigenvalue weighted by molar-refractivity contribution is 5.90. The maximum absolute atomic E-state index is 13.1. The van der Waals surface area contributed by atoms with Gasteiger partial charge in [0.05, 0.1) is 0 Å². The molecule has 1 aliphatic heterocycles. The Labute approximate surface area is 148 Å². The summed E-state index contributed by atoms with van der Waals surface area (Å²) in [5, 5.41) is 4.52. The van der Waals surface area contributed by atoms with Gasteiger partial charge in [-0.1, -0.05) is 6.07 Å². The van der Waals surface area contributed by atoms with Gasteiger partial charge in [0.1, 0.15) is 12.4 Å². The number of amides is 2. The van der Waals surface area contributed by atoms with Crippen molar-refractivity contribution in [3.63, 3.8) is 0 Å². The second kappa shape index (κ2) is 8.98. The Bertz CT molecular complexity index is 629. The van der Waals surface area contributed by atoms with Crippen LogP contribution < -0.4 is 10.6 Å². The number of carbonyl (C=O) groups is 2. The van der Waals surface area contributed by atoms with Gasteiger partial charge in [0.2, 0.25) is 11.8 Å². The molecule has 26 heavy (non-hydrogen) atoms. The molecule has 0 atom stereocenters. The molecule has 0 aliphatic carbocycles. The zero-order valence-electron chi connectivity index (χ0n) is 14.1. The number of anilines is 1. The quantitative estimate of drug-likeness (QED) is 0.752. The van der Waals surface area contributed by atoms with E-state index in [-0.39, 0.29) is 12.3 Å². The Morgan fingerprint density at radius 1 is 1.19 bits per heavy atom. The van der Waals surface area contributed by atoms with E-state index in [0.717, 1.165) is 0 Å². The predicted octanol–water partition coefficient (Wildman–Crippen LogP) is 2.54. The van der Waals surface area contributed by atoms with Crippen LogP contribution in [0.2, 0.25) is 0 Å². The first kappa shape index (κ1) is 20.2. The van der Waals surface area contributed by atoms with Crippen molar-refractivity contribution < 1.29 is 27.2 Å². The van der Waals surface area contributed by atoms with Crippen molar-refractivity contribution in [1.82, 2.24) is 10.2 Å². The zero-order valence-corrected chi connectivity index (χ0v) is 14.1. The molecular formula is C17H21F4N3O2. The first-order valence-electron chi connectivity index (χ1n) is 8.35. The van der Waals surface area contributed by atoms with Crippen LogP contribution in [0.3, 0.4) is 0 Å². The molecule has 0 unspecified atom stereocenters. The Balaban J connectivity index is 1.67. The van der Waals surface area contributed by atoms with E-state index in [9.17, 15) is 27.2 Å². The predicted molar refractivity (Wildman–Crippen MR) is 87.9 cm³/mol. The number of carbonyl (C=O) groups excluding carboxylic acids is 2. The van der Waals surface area contributed by atoms with Gasteiger partial charge in [0.25, 0.3) is 0 Å². The van der Waals surface area contributed by atoms with E-state index in [0.29, 0.717) is 38.2 Å². The molecule has 2 N–H and O–H groups in total. The largest absolute Gasteiger partial charge is 0.405 e. The van der Waals surface area contributed by atoms with Crippen LogP contribution in [0.4, 0.5) is 23.2 Å². The van der Waals surface area contributed by atoms with Crippen LogP contribution in [0.1, 0.15) is 19.3 Å². The fraction of sp³-hybridized carbons (Fsp3) is 0.529. The number of benzene rings is 1. The summed E-state index contributed by atoms with van der Waals surface area (Å²) in [6.07, 6.45) is -3.29. The molecule has 2 amide bonds. The third kappa shape index (κ3) is 6.99. The van der Waals surface area contributed by atoms with Crippen molar-refractivity contribution in [2.45, 2.75) is 25.4 Å². The average molecular weight is 375 g/mol. The van der Waals surface area contributed by atoms with E-state index in [1.165, 1.54) is 18.2 Å². The van der Waals surface area contributed by atoms with Crippen LogP contribution in [-0.2, 0) is 9.59 Å². The summed E-state index contributed by atoms with van der Waals surface area (Å²) in [5.74, 6) is -1.70. The minimum atomic E-state index is -4.41. The van der Waals surface area contributed by atoms with Gasteiger partial charge in [-0.2, -0.15) is 13.2 Å². The molecule has 2 rings (SSSR count). The van der Waals surface area contributed by atoms with E-state index in [1.807, 2.05) is 10.2 Å². The Morgan fingerprint density at radius 3 is 2.50 bits per heavy atom. The van der Waals surface area contributed by atoms with Crippen LogP contribution in [0, 0.1) is 11.7 Å². The summed E-state index contributed by atoms with van der Waals surface area (Å²) in [6, 6.07) is 5.60. The highest BCUT2D eigenvalue weighted by Gasteiger charge is 2.31. The third-order valence-electron chi connectivity index (χ3n) is 4.18. The number of likely N-dealkylation sites (tertiary alicyclic amines) is 1. The van der Waals surface area contributed by atoms with Crippen molar-refractivity contribution in [2.24, 2.45) is 5.92 Å². The standard InChI is InChI=1S/C17H21F4N3O2/c18-13-2-1-3-14(10-13)23-15(25)6-9-24-7-4-12(5-8-24)16(26)22-11-17(19,20)21/h1-3,10,12H,4-9,11H2,(H,22,26)(H,23,25). The maximum Gasteiger partial charge on any atom is 0.405 e. The topological polar surface area (TPSA) is 61.4 Å². The molecular weight excluding hydrogens is 354 g/mol. The van der Waals surface area contributed by atoms with Gasteiger partial charge in [-0.25, -0.2) is 4.39 Å². The van der Waals surface area contributed by atoms with Gasteiger partial charge in [-0.3, -0.25) is 9.59 Å². The Kier molecular flexibility index (Phi) is 6.96. The van der Waals surface area contributed by atoms with Crippen molar-refractivity contribution in [3.05, 3.63) is 30.1 Å². The zero-order chi connectivity index (χ0) is 19.2. The van der Waals surface area contributed by atoms with Gasteiger partial charge in [0, 0.05) is 24.6 Å². The number of nitrogens with one attached hydrogen (secondary N) is 2. The molecule has 0 spiro atoms. The lowest BCUT2D eigenvalue weighted by molar-refractivity contribution is -0.141. The average Bonchev–Trinajstić information content (AvgIpc) is 2.58. The summed E-state index contributed by atoms with van der Waals surface area (Å²) >= 11 is 0. The molecule has 0 radical (unpaired) electrons. The SMILES string of the molecule is O=C(CCN1CCC(C(=O)NCC(F)(F)F)CC1)Nc1cccc(F)c1. The van der Waals surface area contributed by atoms with Gasteiger partial charge in [-0.15, -0.1) is 0 Å². The van der Waals surface area contributed by atoms with Gasteiger partial charge in [-0.05, 0) is 44.1 Å². The fourth-order valence-electron chi connectivity index (χ4n) is 2.80. The second-order valence-corrected chi connectivity index (χ2v) is 6.26. The lowest BCUT2D eigenvalue weighted by Gasteiger charge is -2.31. The number of hydrogen-bond acceptors (Lipinski definition) is 3. The highest BCUT2D eigenvalue weighted by Crippen LogP contribution is 2.19. The smallest absolute Gasteiger partial charge is 0.347 e. The monoisotopic (exact) mass is 375 g/mol. The molecule has 0 aromatic heterocycles. The summed E-state index contributed by atoms with van der Waals surface area (Å²) in [7, 11) is 0. The fourth-order valence-corrected chi connectivity index (χ4v) is 2.80. The van der Waals surface area contributed by atoms with Crippen molar-refractivity contribution >= 4 is 17.5 Å². The molecule has 1 aromatic carbocycles. The number of piperidine rings is 1. The van der Waals surface area contributed by atoms with Crippen LogP contribution in [0.15, 0.2) is 24.3 Å². The van der Waals surface area contributed by atoms with E-state index >= 15 is 0 Å². The molecule has 144 valence electrons. The van der Waals surface area contributed by atoms with Crippen LogP contribution >= 0.6 is 0 Å². The van der Waals surface area contributed by atoms with Crippen LogP contribution in [-0.4, -0.2) is 49.1 Å². The van der Waals surface area contributed by atoms with Crippen molar-refractivity contribution in [1.29, 1.82) is 0 Å². The van der Waals surface area contributed by atoms with E-state index < -0.39 is 30.4 Å². The van der Waals surface area contributed by atoms with Crippen LogP contribution in [0.5, 0.6) is 0 Å². The summed E-state index contributed by atoms with van der Waals surface area (Å²) in [6.45, 7) is 0.235. The summed E-state index contributed by atoms with van der Waals surface area (Å²) in [4.78, 5) is 25.6. The van der Waals surface area contributed by atoms with Gasteiger partial charge >= 0.3 is 6.18 Å². The Morgan fingerprint density at radius 2 is 1.88 bits per heavy atom. The molecule has 0 saturated carbocycles. The van der Waals surface area contributed by atoms with E-state index in [2.05, 4.69) is 5.32 Å². The number of alkyl halides is 3. The number of rotatable bonds is 6. The molecule has 9 heteroatoms. The van der Waals surface area contributed by atoms with Crippen molar-refractivity contribution in [2.75, 3.05) is 31.5 Å². The molecule has 5 nitrogen and oxygen atoms in total. The lowest BCUT2D eigenvalue weighted by Crippen LogP contribution is -2.43. The minimum absolute atomic E-state index is 0.210. The molecule has 1 fully saturated rings. The molecule has 1 aliphatic rings. The molecule has 0 bridgehead atoms. The number of nitrogens with zero attached hydrogens (tertiary/aromatic N) is 1. The Hall–Kier alpha value is -2.16. The van der Waals surface area contributed by atoms with E-state index in [1.54, 1.807) is 6.07 Å². The summed E-state index contributed by atoms with van der Waals surface area (Å²) < 4.78 is 49.4. The lowest BCUT2D eigenvalue weighted by atomic mass is 9.96. The number of halogens is 4. The number of hydrogen-bond donors (Lipinski definition) is 2.